The van der Waals surface area contributed by atoms with Gasteiger partial charge in [0.2, 0.25) is 0 Å². The molecule has 24 heavy (non-hydrogen) atoms. The smallest absolute Gasteiger partial charge is 0.494 e. The predicted molar refractivity (Wildman–Crippen MR) is 81.4 cm³/mol. The van der Waals surface area contributed by atoms with E-state index in [2.05, 4.69) is 0 Å². The van der Waals surface area contributed by atoms with Crippen molar-refractivity contribution in [1.82, 2.24) is 0 Å². The SMILES string of the molecule is CO[Si](CCCOc1ccc(S(=O)(=O)C(F)(F)F)cc1)(OC)OC. The highest BCUT2D eigenvalue weighted by molar-refractivity contribution is 7.92. The highest BCUT2D eigenvalue weighted by atomic mass is 32.2. The van der Waals surface area contributed by atoms with E-state index in [1.54, 1.807) is 0 Å². The molecule has 1 aromatic rings. The maximum atomic E-state index is 12.4. The van der Waals surface area contributed by atoms with E-state index in [1.165, 1.54) is 33.5 Å². The molecule has 0 amide bonds. The molecule has 0 unspecified atom stereocenters. The molecular weight excluding hydrogens is 369 g/mol. The third-order valence-corrected chi connectivity index (χ3v) is 7.60. The van der Waals surface area contributed by atoms with Crippen LogP contribution in [0.3, 0.4) is 0 Å². The largest absolute Gasteiger partial charge is 0.501 e. The fourth-order valence-electron chi connectivity index (χ4n) is 1.88. The molecule has 1 aromatic carbocycles. The number of sulfone groups is 1. The van der Waals surface area contributed by atoms with Gasteiger partial charge < -0.3 is 18.0 Å². The summed E-state index contributed by atoms with van der Waals surface area (Å²) >= 11 is 0. The van der Waals surface area contributed by atoms with E-state index in [0.717, 1.165) is 12.1 Å². The van der Waals surface area contributed by atoms with Crippen LogP contribution in [0.15, 0.2) is 29.2 Å². The Morgan fingerprint density at radius 1 is 1.00 bits per heavy atom. The van der Waals surface area contributed by atoms with Gasteiger partial charge in [0.15, 0.2) is 0 Å². The van der Waals surface area contributed by atoms with E-state index in [9.17, 15) is 21.6 Å². The first-order valence-electron chi connectivity index (χ1n) is 6.81. The Morgan fingerprint density at radius 2 is 1.50 bits per heavy atom. The van der Waals surface area contributed by atoms with Crippen LogP contribution in [-0.4, -0.2) is 50.7 Å². The van der Waals surface area contributed by atoms with Crippen molar-refractivity contribution in [2.75, 3.05) is 27.9 Å². The van der Waals surface area contributed by atoms with Crippen LogP contribution in [0, 0.1) is 0 Å². The van der Waals surface area contributed by atoms with Gasteiger partial charge in [-0.2, -0.15) is 13.2 Å². The minimum Gasteiger partial charge on any atom is -0.494 e. The Balaban J connectivity index is 2.61. The van der Waals surface area contributed by atoms with E-state index >= 15 is 0 Å². The summed E-state index contributed by atoms with van der Waals surface area (Å²) < 4.78 is 80.8. The Bertz CT molecular complexity index is 605. The molecule has 0 saturated carbocycles. The number of ether oxygens (including phenoxy) is 1. The summed E-state index contributed by atoms with van der Waals surface area (Å²) in [5.41, 5.74) is -5.33. The maximum Gasteiger partial charge on any atom is 0.501 e. The molecule has 11 heteroatoms. The van der Waals surface area contributed by atoms with Gasteiger partial charge >= 0.3 is 14.3 Å². The second-order valence-corrected chi connectivity index (χ2v) is 9.70. The van der Waals surface area contributed by atoms with Crippen LogP contribution in [0.2, 0.25) is 6.04 Å². The van der Waals surface area contributed by atoms with Gasteiger partial charge in [-0.1, -0.05) is 0 Å². The van der Waals surface area contributed by atoms with E-state index in [0.29, 0.717) is 12.5 Å². The topological polar surface area (TPSA) is 71.1 Å². The number of alkyl halides is 3. The highest BCUT2D eigenvalue weighted by Gasteiger charge is 2.46. The fraction of sp³-hybridized carbons (Fsp3) is 0.538. The average Bonchev–Trinajstić information content (AvgIpc) is 2.55. The van der Waals surface area contributed by atoms with E-state index < -0.39 is 29.0 Å². The quantitative estimate of drug-likeness (QED) is 0.478. The zero-order valence-corrected chi connectivity index (χ0v) is 15.2. The highest BCUT2D eigenvalue weighted by Crippen LogP contribution is 2.31. The molecule has 0 aliphatic rings. The monoisotopic (exact) mass is 388 g/mol. The van der Waals surface area contributed by atoms with Crippen LogP contribution in [0.4, 0.5) is 13.2 Å². The van der Waals surface area contributed by atoms with Gasteiger partial charge in [-0.05, 0) is 30.7 Å². The van der Waals surface area contributed by atoms with Crippen LogP contribution < -0.4 is 4.74 Å². The molecule has 0 aliphatic carbocycles. The summed E-state index contributed by atoms with van der Waals surface area (Å²) in [4.78, 5) is -0.827. The Labute approximate surface area is 139 Å². The number of hydrogen-bond acceptors (Lipinski definition) is 6. The first-order valence-corrected chi connectivity index (χ1v) is 10.2. The minimum absolute atomic E-state index is 0.246. The molecule has 0 N–H and O–H groups in total. The Kier molecular flexibility index (Phi) is 7.22. The second-order valence-electron chi connectivity index (χ2n) is 4.67. The molecule has 0 radical (unpaired) electrons. The van der Waals surface area contributed by atoms with Gasteiger partial charge in [0.25, 0.3) is 9.84 Å². The van der Waals surface area contributed by atoms with Crippen LogP contribution in [0.25, 0.3) is 0 Å². The molecule has 0 fully saturated rings. The van der Waals surface area contributed by atoms with Crippen molar-refractivity contribution < 1.29 is 39.6 Å². The Morgan fingerprint density at radius 3 is 1.92 bits per heavy atom. The lowest BCUT2D eigenvalue weighted by molar-refractivity contribution is -0.0436. The normalized spacial score (nSPS) is 13.1. The lowest BCUT2D eigenvalue weighted by Gasteiger charge is -2.24. The van der Waals surface area contributed by atoms with Gasteiger partial charge in [-0.15, -0.1) is 0 Å². The third kappa shape index (κ3) is 4.93. The summed E-state index contributed by atoms with van der Waals surface area (Å²) in [5.74, 6) is 0.260. The second kappa shape index (κ2) is 8.29. The number of benzene rings is 1. The van der Waals surface area contributed by atoms with Crippen LogP contribution in [0.1, 0.15) is 6.42 Å². The molecule has 0 saturated heterocycles. The molecule has 0 aliphatic heterocycles. The summed E-state index contributed by atoms with van der Waals surface area (Å²) in [5, 5.41) is 0. The van der Waals surface area contributed by atoms with Crippen molar-refractivity contribution in [3.05, 3.63) is 24.3 Å². The molecule has 0 aromatic heterocycles. The molecular formula is C13H19F3O6SSi. The van der Waals surface area contributed by atoms with Gasteiger partial charge in [-0.25, -0.2) is 8.42 Å². The first kappa shape index (κ1) is 20.9. The van der Waals surface area contributed by atoms with Crippen molar-refractivity contribution in [3.8, 4) is 5.75 Å². The van der Waals surface area contributed by atoms with E-state index in [1.807, 2.05) is 0 Å². The lowest BCUT2D eigenvalue weighted by atomic mass is 10.3. The predicted octanol–water partition coefficient (Wildman–Crippen LogP) is 2.63. The van der Waals surface area contributed by atoms with Gasteiger partial charge in [0.05, 0.1) is 11.5 Å². The molecule has 0 spiro atoms. The number of hydrogen-bond donors (Lipinski definition) is 0. The fourth-order valence-corrected chi connectivity index (χ4v) is 4.33. The van der Waals surface area contributed by atoms with Crippen LogP contribution in [0.5, 0.6) is 5.75 Å². The zero-order valence-electron chi connectivity index (χ0n) is 13.4. The van der Waals surface area contributed by atoms with Gasteiger partial charge in [0.1, 0.15) is 5.75 Å². The van der Waals surface area contributed by atoms with Crippen molar-refractivity contribution in [2.45, 2.75) is 22.9 Å². The van der Waals surface area contributed by atoms with E-state index in [-0.39, 0.29) is 12.4 Å². The summed E-state index contributed by atoms with van der Waals surface area (Å²) in [6, 6.07) is 4.56. The molecule has 1 rings (SSSR count). The molecule has 0 heterocycles. The summed E-state index contributed by atoms with van der Waals surface area (Å²) in [7, 11) is -3.58. The minimum atomic E-state index is -5.35. The Hall–Kier alpha value is -1.14. The number of halogens is 3. The zero-order chi connectivity index (χ0) is 18.4. The first-order chi connectivity index (χ1) is 11.1. The molecule has 0 atom stereocenters. The standard InChI is InChI=1S/C13H19F3O6SSi/c1-19-24(20-2,21-3)10-4-9-22-11-5-7-12(8-6-11)23(17,18)13(14,15)16/h5-8H,4,9-10H2,1-3H3. The van der Waals surface area contributed by atoms with Gasteiger partial charge in [0, 0.05) is 27.4 Å². The van der Waals surface area contributed by atoms with Crippen molar-refractivity contribution in [1.29, 1.82) is 0 Å². The van der Waals surface area contributed by atoms with Crippen molar-refractivity contribution >= 4 is 18.6 Å². The third-order valence-electron chi connectivity index (χ3n) is 3.27. The van der Waals surface area contributed by atoms with Crippen LogP contribution >= 0.6 is 0 Å². The van der Waals surface area contributed by atoms with Gasteiger partial charge in [-0.3, -0.25) is 0 Å². The molecule has 6 nitrogen and oxygen atoms in total. The maximum absolute atomic E-state index is 12.4. The van der Waals surface area contributed by atoms with Crippen LogP contribution in [-0.2, 0) is 23.1 Å². The van der Waals surface area contributed by atoms with E-state index in [4.69, 9.17) is 18.0 Å². The summed E-state index contributed by atoms with van der Waals surface area (Å²) in [6.07, 6.45) is 0.532. The van der Waals surface area contributed by atoms with Crippen molar-refractivity contribution in [3.63, 3.8) is 0 Å². The summed E-state index contributed by atoms with van der Waals surface area (Å²) in [6.45, 7) is 0.246. The average molecular weight is 388 g/mol. The molecule has 0 bridgehead atoms. The number of rotatable bonds is 9. The van der Waals surface area contributed by atoms with Crippen molar-refractivity contribution in [2.24, 2.45) is 0 Å². The lowest BCUT2D eigenvalue weighted by Crippen LogP contribution is -2.42. The molecule has 138 valence electrons.